The van der Waals surface area contributed by atoms with Crippen LogP contribution in [0.2, 0.25) is 0 Å². The summed E-state index contributed by atoms with van der Waals surface area (Å²) in [5.74, 6) is 0.840. The zero-order valence-corrected chi connectivity index (χ0v) is 5.83. The van der Waals surface area contributed by atoms with Crippen LogP contribution in [0.4, 0.5) is 5.82 Å². The van der Waals surface area contributed by atoms with E-state index in [0.29, 0.717) is 0 Å². The van der Waals surface area contributed by atoms with Crippen molar-refractivity contribution >= 4 is 18.9 Å². The van der Waals surface area contributed by atoms with E-state index in [1.807, 2.05) is 19.2 Å². The van der Waals surface area contributed by atoms with Crippen molar-refractivity contribution in [2.75, 3.05) is 0 Å². The van der Waals surface area contributed by atoms with Gasteiger partial charge in [0, 0.05) is 6.20 Å². The second-order valence-electron chi connectivity index (χ2n) is 1.94. The molecule has 52 valence electrons. The average molecular weight is 135 g/mol. The second kappa shape index (κ2) is 2.96. The largest absolute Gasteiger partial charge is 0.346 e. The molecule has 0 spiro atoms. The van der Waals surface area contributed by atoms with E-state index in [-0.39, 0.29) is 0 Å². The highest BCUT2D eigenvalue weighted by Gasteiger charge is 1.91. The first-order valence-corrected chi connectivity index (χ1v) is 2.97. The Morgan fingerprint density at radius 2 is 2.50 bits per heavy atom. The molecule has 0 aromatic carbocycles. The molecule has 1 heterocycles. The Labute approximate surface area is 59.5 Å². The fraction of sp³-hybridized carbons (Fsp3) is 0.143. The first-order chi connectivity index (χ1) is 4.84. The van der Waals surface area contributed by atoms with Crippen LogP contribution in [-0.2, 0) is 0 Å². The predicted octanol–water partition coefficient (Wildman–Crippen LogP) is 1.68. The summed E-state index contributed by atoms with van der Waals surface area (Å²) in [6.45, 7) is 5.26. The molecule has 0 aliphatic rings. The van der Waals surface area contributed by atoms with Gasteiger partial charge in [0.15, 0.2) is 0 Å². The maximum Gasteiger partial charge on any atom is 0.134 e. The number of aliphatic imine (C=N–C) groups is 2. The quantitative estimate of drug-likeness (QED) is 0.473. The van der Waals surface area contributed by atoms with Crippen LogP contribution in [0.5, 0.6) is 0 Å². The number of hydrogen-bond donors (Lipinski definition) is 1. The smallest absolute Gasteiger partial charge is 0.134 e. The van der Waals surface area contributed by atoms with E-state index in [0.717, 1.165) is 11.4 Å². The molecule has 0 aliphatic carbocycles. The first-order valence-electron chi connectivity index (χ1n) is 2.97. The fourth-order valence-electron chi connectivity index (χ4n) is 0.676. The van der Waals surface area contributed by atoms with Gasteiger partial charge >= 0.3 is 0 Å². The van der Waals surface area contributed by atoms with Crippen molar-refractivity contribution in [2.24, 2.45) is 9.98 Å². The van der Waals surface area contributed by atoms with Crippen LogP contribution >= 0.6 is 0 Å². The van der Waals surface area contributed by atoms with Gasteiger partial charge in [-0.2, -0.15) is 0 Å². The number of rotatable bonds is 2. The normalized spacial score (nSPS) is 10.5. The Hall–Kier alpha value is -1.38. The van der Waals surface area contributed by atoms with E-state index in [2.05, 4.69) is 21.7 Å². The van der Waals surface area contributed by atoms with Crippen molar-refractivity contribution in [2.45, 2.75) is 6.92 Å². The zero-order valence-electron chi connectivity index (χ0n) is 5.83. The Bertz CT molecular complexity index is 247. The molecule has 0 saturated heterocycles. The van der Waals surface area contributed by atoms with E-state index in [1.54, 1.807) is 0 Å². The number of hydrogen-bond acceptors (Lipinski definition) is 1. The van der Waals surface area contributed by atoms with E-state index < -0.39 is 0 Å². The van der Waals surface area contributed by atoms with E-state index in [4.69, 9.17) is 0 Å². The number of nitrogens with one attached hydrogen (secondary N) is 1. The van der Waals surface area contributed by atoms with E-state index in [9.17, 15) is 0 Å². The second-order valence-corrected chi connectivity index (χ2v) is 1.94. The molecule has 1 aromatic heterocycles. The van der Waals surface area contributed by atoms with Crippen molar-refractivity contribution in [1.82, 2.24) is 4.98 Å². The topological polar surface area (TPSA) is 40.5 Å². The zero-order chi connectivity index (χ0) is 7.40. The van der Waals surface area contributed by atoms with Crippen molar-refractivity contribution in [3.8, 4) is 0 Å². The van der Waals surface area contributed by atoms with Gasteiger partial charge in [0.25, 0.3) is 0 Å². The number of aromatic amines is 1. The van der Waals surface area contributed by atoms with Crippen LogP contribution in [0.25, 0.3) is 0 Å². The molecule has 10 heavy (non-hydrogen) atoms. The molecular formula is C7H9N3. The summed E-state index contributed by atoms with van der Waals surface area (Å²) in [4.78, 5) is 10.4. The summed E-state index contributed by atoms with van der Waals surface area (Å²) < 4.78 is 0. The lowest BCUT2D eigenvalue weighted by atomic mass is 10.4. The number of H-pyrrole nitrogens is 1. The lowest BCUT2D eigenvalue weighted by Crippen LogP contribution is -1.67. The maximum atomic E-state index is 3.97. The van der Waals surface area contributed by atoms with Crippen molar-refractivity contribution in [3.05, 3.63) is 17.8 Å². The molecule has 0 bridgehead atoms. The van der Waals surface area contributed by atoms with Gasteiger partial charge in [-0.25, -0.2) is 4.99 Å². The van der Waals surface area contributed by atoms with Gasteiger partial charge in [0.05, 0.1) is 0 Å². The summed E-state index contributed by atoms with van der Waals surface area (Å²) in [7, 11) is 0. The van der Waals surface area contributed by atoms with Gasteiger partial charge in [-0.3, -0.25) is 4.99 Å². The van der Waals surface area contributed by atoms with Gasteiger partial charge in [0.1, 0.15) is 12.2 Å². The van der Waals surface area contributed by atoms with Gasteiger partial charge in [-0.05, 0) is 25.3 Å². The molecule has 1 aromatic rings. The molecule has 0 radical (unpaired) electrons. The Morgan fingerprint density at radius 1 is 1.70 bits per heavy atom. The van der Waals surface area contributed by atoms with Crippen molar-refractivity contribution < 1.29 is 0 Å². The molecule has 0 unspecified atom stereocenters. The van der Waals surface area contributed by atoms with Crippen LogP contribution in [0, 0.1) is 6.92 Å². The minimum Gasteiger partial charge on any atom is -0.346 e. The van der Waals surface area contributed by atoms with Crippen LogP contribution in [0.1, 0.15) is 5.56 Å². The third-order valence-corrected chi connectivity index (χ3v) is 1.20. The summed E-state index contributed by atoms with van der Waals surface area (Å²) in [6, 6.07) is 1.95. The molecule has 3 nitrogen and oxygen atoms in total. The highest BCUT2D eigenvalue weighted by atomic mass is 14.9. The standard InChI is InChI=1S/C7H9N3/c1-6-3-4-9-7(6)10-5-8-2/h3-5,9H,2H2,1H3. The molecule has 0 atom stereocenters. The number of nitrogens with zero attached hydrogens (tertiary/aromatic N) is 2. The number of aryl methyl sites for hydroxylation is 1. The summed E-state index contributed by atoms with van der Waals surface area (Å²) >= 11 is 0. The minimum absolute atomic E-state index is 0.840. The maximum absolute atomic E-state index is 3.97. The molecule has 0 fully saturated rings. The molecule has 0 aliphatic heterocycles. The third-order valence-electron chi connectivity index (χ3n) is 1.20. The van der Waals surface area contributed by atoms with Gasteiger partial charge in [-0.1, -0.05) is 0 Å². The van der Waals surface area contributed by atoms with E-state index >= 15 is 0 Å². The fourth-order valence-corrected chi connectivity index (χ4v) is 0.676. The molecule has 0 amide bonds. The number of aromatic nitrogens is 1. The Kier molecular flexibility index (Phi) is 1.99. The minimum atomic E-state index is 0.840. The summed E-state index contributed by atoms with van der Waals surface area (Å²) in [6.07, 6.45) is 3.25. The highest BCUT2D eigenvalue weighted by Crippen LogP contribution is 2.13. The lowest BCUT2D eigenvalue weighted by Gasteiger charge is -1.85. The van der Waals surface area contributed by atoms with Crippen LogP contribution in [0.15, 0.2) is 22.2 Å². The predicted molar refractivity (Wildman–Crippen MR) is 43.2 cm³/mol. The summed E-state index contributed by atoms with van der Waals surface area (Å²) in [5.41, 5.74) is 1.11. The van der Waals surface area contributed by atoms with Crippen molar-refractivity contribution in [1.29, 1.82) is 0 Å². The lowest BCUT2D eigenvalue weighted by molar-refractivity contribution is 1.31. The molecule has 3 heteroatoms. The van der Waals surface area contributed by atoms with Gasteiger partial charge in [0.2, 0.25) is 0 Å². The molecule has 1 N–H and O–H groups in total. The van der Waals surface area contributed by atoms with Crippen LogP contribution < -0.4 is 0 Å². The SMILES string of the molecule is C=NC=Nc1[nH]ccc1C. The average Bonchev–Trinajstić information content (AvgIpc) is 2.31. The van der Waals surface area contributed by atoms with Crippen LogP contribution in [-0.4, -0.2) is 18.0 Å². The molecule has 0 saturated carbocycles. The Morgan fingerprint density at radius 3 is 3.00 bits per heavy atom. The highest BCUT2D eigenvalue weighted by molar-refractivity contribution is 5.66. The van der Waals surface area contributed by atoms with Crippen LogP contribution in [0.3, 0.4) is 0 Å². The Balaban J connectivity index is 2.83. The monoisotopic (exact) mass is 135 g/mol. The van der Waals surface area contributed by atoms with Crippen molar-refractivity contribution in [3.63, 3.8) is 0 Å². The van der Waals surface area contributed by atoms with Gasteiger partial charge < -0.3 is 4.98 Å². The summed E-state index contributed by atoms with van der Waals surface area (Å²) in [5, 5.41) is 0. The first kappa shape index (κ1) is 6.74. The third kappa shape index (κ3) is 1.31. The van der Waals surface area contributed by atoms with Gasteiger partial charge in [-0.15, -0.1) is 0 Å². The van der Waals surface area contributed by atoms with E-state index in [1.165, 1.54) is 6.34 Å². The molecular weight excluding hydrogens is 126 g/mol. The molecule has 1 rings (SSSR count).